The first-order valence-electron chi connectivity index (χ1n) is 6.62. The molecule has 0 unspecified atom stereocenters. The van der Waals surface area contributed by atoms with E-state index in [-0.39, 0.29) is 5.54 Å². The van der Waals surface area contributed by atoms with E-state index in [1.165, 1.54) is 0 Å². The summed E-state index contributed by atoms with van der Waals surface area (Å²) in [6.45, 7) is 9.77. The molecular formula is C14H25N3. The molecule has 0 amide bonds. The fourth-order valence-electron chi connectivity index (χ4n) is 1.59. The Hall–Kier alpha value is -1.25. The number of anilines is 2. The second-order valence-electron chi connectivity index (χ2n) is 4.73. The minimum absolute atomic E-state index is 0.135. The van der Waals surface area contributed by atoms with Crippen LogP contribution in [0.25, 0.3) is 0 Å². The number of rotatable bonds is 7. The summed E-state index contributed by atoms with van der Waals surface area (Å²) in [6, 6.07) is 6.08. The van der Waals surface area contributed by atoms with Crippen molar-refractivity contribution in [3.8, 4) is 0 Å². The molecule has 0 saturated carbocycles. The number of nitrogens with zero attached hydrogens (tertiary/aromatic N) is 1. The summed E-state index contributed by atoms with van der Waals surface area (Å²) in [7, 11) is 0. The van der Waals surface area contributed by atoms with Crippen molar-refractivity contribution in [2.24, 2.45) is 0 Å². The van der Waals surface area contributed by atoms with E-state index in [9.17, 15) is 0 Å². The number of hydrogen-bond acceptors (Lipinski definition) is 3. The van der Waals surface area contributed by atoms with Crippen LogP contribution in [0, 0.1) is 0 Å². The molecule has 17 heavy (non-hydrogen) atoms. The molecule has 2 N–H and O–H groups in total. The minimum Gasteiger partial charge on any atom is -0.370 e. The van der Waals surface area contributed by atoms with Gasteiger partial charge in [-0.25, -0.2) is 4.98 Å². The van der Waals surface area contributed by atoms with Crippen LogP contribution in [0.3, 0.4) is 0 Å². The number of pyridine rings is 1. The quantitative estimate of drug-likeness (QED) is 0.752. The molecule has 0 aliphatic heterocycles. The maximum atomic E-state index is 4.57. The zero-order valence-electron chi connectivity index (χ0n) is 11.5. The molecule has 1 heterocycles. The molecule has 0 saturated heterocycles. The number of hydrogen-bond donors (Lipinski definition) is 2. The van der Waals surface area contributed by atoms with Gasteiger partial charge in [-0.2, -0.15) is 0 Å². The highest BCUT2D eigenvalue weighted by Crippen LogP contribution is 2.21. The van der Waals surface area contributed by atoms with E-state index >= 15 is 0 Å². The summed E-state index contributed by atoms with van der Waals surface area (Å²) in [5.74, 6) is 1.91. The van der Waals surface area contributed by atoms with Crippen molar-refractivity contribution in [1.82, 2.24) is 4.98 Å². The van der Waals surface area contributed by atoms with Crippen LogP contribution in [-0.4, -0.2) is 17.1 Å². The summed E-state index contributed by atoms with van der Waals surface area (Å²) in [4.78, 5) is 4.57. The van der Waals surface area contributed by atoms with E-state index in [0.717, 1.165) is 37.4 Å². The molecule has 0 fully saturated rings. The first-order chi connectivity index (χ1) is 8.13. The SMILES string of the molecule is CCCNc1cccc(NC(C)(CC)CC)n1. The van der Waals surface area contributed by atoms with E-state index in [0.29, 0.717) is 0 Å². The Morgan fingerprint density at radius 2 is 1.76 bits per heavy atom. The fraction of sp³-hybridized carbons (Fsp3) is 0.643. The van der Waals surface area contributed by atoms with Gasteiger partial charge in [-0.3, -0.25) is 0 Å². The third-order valence-electron chi connectivity index (χ3n) is 3.30. The van der Waals surface area contributed by atoms with E-state index in [1.54, 1.807) is 0 Å². The smallest absolute Gasteiger partial charge is 0.128 e. The molecule has 0 aromatic carbocycles. The van der Waals surface area contributed by atoms with Gasteiger partial charge in [0.15, 0.2) is 0 Å². The lowest BCUT2D eigenvalue weighted by Crippen LogP contribution is -2.33. The van der Waals surface area contributed by atoms with Crippen LogP contribution in [0.5, 0.6) is 0 Å². The highest BCUT2D eigenvalue weighted by molar-refractivity contribution is 5.46. The predicted octanol–water partition coefficient (Wildman–Crippen LogP) is 3.89. The van der Waals surface area contributed by atoms with Crippen LogP contribution in [0.2, 0.25) is 0 Å². The van der Waals surface area contributed by atoms with Gasteiger partial charge >= 0.3 is 0 Å². The second kappa shape index (κ2) is 6.48. The van der Waals surface area contributed by atoms with Gasteiger partial charge in [0.05, 0.1) is 0 Å². The fourth-order valence-corrected chi connectivity index (χ4v) is 1.59. The summed E-state index contributed by atoms with van der Waals surface area (Å²) >= 11 is 0. The monoisotopic (exact) mass is 235 g/mol. The Bertz CT molecular complexity index is 332. The average Bonchev–Trinajstić information content (AvgIpc) is 2.36. The molecule has 0 aliphatic carbocycles. The Morgan fingerprint density at radius 1 is 1.12 bits per heavy atom. The average molecular weight is 235 g/mol. The van der Waals surface area contributed by atoms with Gasteiger partial charge in [0, 0.05) is 12.1 Å². The molecule has 1 aromatic heterocycles. The lowest BCUT2D eigenvalue weighted by atomic mass is 9.96. The number of nitrogens with one attached hydrogen (secondary N) is 2. The van der Waals surface area contributed by atoms with Crippen LogP contribution < -0.4 is 10.6 Å². The Labute approximate surface area is 105 Å². The first kappa shape index (κ1) is 13.8. The molecule has 1 rings (SSSR count). The highest BCUT2D eigenvalue weighted by Gasteiger charge is 2.19. The van der Waals surface area contributed by atoms with E-state index < -0.39 is 0 Å². The molecule has 0 aliphatic rings. The molecular weight excluding hydrogens is 210 g/mol. The van der Waals surface area contributed by atoms with Crippen molar-refractivity contribution in [1.29, 1.82) is 0 Å². The topological polar surface area (TPSA) is 37.0 Å². The van der Waals surface area contributed by atoms with Crippen LogP contribution in [0.1, 0.15) is 47.0 Å². The van der Waals surface area contributed by atoms with Crippen molar-refractivity contribution >= 4 is 11.6 Å². The maximum absolute atomic E-state index is 4.57. The van der Waals surface area contributed by atoms with Crippen molar-refractivity contribution in [2.45, 2.75) is 52.5 Å². The molecule has 0 atom stereocenters. The highest BCUT2D eigenvalue weighted by atomic mass is 15.1. The largest absolute Gasteiger partial charge is 0.370 e. The molecule has 3 heteroatoms. The van der Waals surface area contributed by atoms with Gasteiger partial charge in [0.1, 0.15) is 11.6 Å². The molecule has 1 aromatic rings. The van der Waals surface area contributed by atoms with Crippen LogP contribution >= 0.6 is 0 Å². The summed E-state index contributed by atoms with van der Waals surface area (Å²) in [6.07, 6.45) is 3.30. The maximum Gasteiger partial charge on any atom is 0.128 e. The third kappa shape index (κ3) is 4.25. The summed E-state index contributed by atoms with van der Waals surface area (Å²) in [5, 5.41) is 6.83. The van der Waals surface area contributed by atoms with Gasteiger partial charge in [-0.15, -0.1) is 0 Å². The first-order valence-corrected chi connectivity index (χ1v) is 6.62. The molecule has 0 radical (unpaired) electrons. The molecule has 3 nitrogen and oxygen atoms in total. The summed E-state index contributed by atoms with van der Waals surface area (Å²) < 4.78 is 0. The predicted molar refractivity (Wildman–Crippen MR) is 75.6 cm³/mol. The van der Waals surface area contributed by atoms with Crippen molar-refractivity contribution in [3.05, 3.63) is 18.2 Å². The van der Waals surface area contributed by atoms with Gasteiger partial charge in [0.25, 0.3) is 0 Å². The van der Waals surface area contributed by atoms with Crippen LogP contribution in [0.4, 0.5) is 11.6 Å². The second-order valence-corrected chi connectivity index (χ2v) is 4.73. The van der Waals surface area contributed by atoms with Gasteiger partial charge < -0.3 is 10.6 Å². The van der Waals surface area contributed by atoms with Gasteiger partial charge in [0.2, 0.25) is 0 Å². The summed E-state index contributed by atoms with van der Waals surface area (Å²) in [5.41, 5.74) is 0.135. The zero-order valence-corrected chi connectivity index (χ0v) is 11.5. The van der Waals surface area contributed by atoms with Crippen molar-refractivity contribution < 1.29 is 0 Å². The molecule has 0 bridgehead atoms. The van der Waals surface area contributed by atoms with Gasteiger partial charge in [-0.05, 0) is 38.3 Å². The Morgan fingerprint density at radius 3 is 2.35 bits per heavy atom. The molecule has 96 valence electrons. The van der Waals surface area contributed by atoms with E-state index in [4.69, 9.17) is 0 Å². The van der Waals surface area contributed by atoms with Crippen LogP contribution in [-0.2, 0) is 0 Å². The molecule has 0 spiro atoms. The van der Waals surface area contributed by atoms with E-state index in [1.807, 2.05) is 18.2 Å². The van der Waals surface area contributed by atoms with Gasteiger partial charge in [-0.1, -0.05) is 26.8 Å². The third-order valence-corrected chi connectivity index (χ3v) is 3.30. The lowest BCUT2D eigenvalue weighted by molar-refractivity contribution is 0.477. The van der Waals surface area contributed by atoms with E-state index in [2.05, 4.69) is 43.3 Å². The van der Waals surface area contributed by atoms with Crippen molar-refractivity contribution in [2.75, 3.05) is 17.2 Å². The lowest BCUT2D eigenvalue weighted by Gasteiger charge is -2.29. The van der Waals surface area contributed by atoms with Crippen molar-refractivity contribution in [3.63, 3.8) is 0 Å². The van der Waals surface area contributed by atoms with Crippen LogP contribution in [0.15, 0.2) is 18.2 Å². The Kier molecular flexibility index (Phi) is 5.26. The zero-order chi connectivity index (χ0) is 12.7. The minimum atomic E-state index is 0.135. The Balaban J connectivity index is 2.71. The number of aromatic nitrogens is 1. The normalized spacial score (nSPS) is 11.3. The standard InChI is InChI=1S/C14H25N3/c1-5-11-15-12-9-8-10-13(16-12)17-14(4,6-2)7-3/h8-10H,5-7,11H2,1-4H3,(H2,15,16,17).